The number of ether oxygens (including phenoxy) is 1. The third-order valence-corrected chi connectivity index (χ3v) is 13.1. The number of imide groups is 1. The van der Waals surface area contributed by atoms with Gasteiger partial charge in [-0.3, -0.25) is 29.5 Å². The average molecular weight is 955 g/mol. The Kier molecular flexibility index (Phi) is 13.1. The number of methoxy groups -OCH3 is 1. The maximum absolute atomic E-state index is 15.2. The van der Waals surface area contributed by atoms with Gasteiger partial charge in [0.15, 0.2) is 0 Å². The van der Waals surface area contributed by atoms with Crippen LogP contribution in [0.25, 0.3) is 33.5 Å². The number of benzene rings is 4. The molecular formula is C51H52F2N10O7. The number of carbonyl (C=O) groups is 5. The number of amides is 7. The lowest BCUT2D eigenvalue weighted by molar-refractivity contribution is -0.120. The predicted octanol–water partition coefficient (Wildman–Crippen LogP) is 6.51. The maximum atomic E-state index is 15.2. The highest BCUT2D eigenvalue weighted by atomic mass is 19.1. The first-order valence-corrected chi connectivity index (χ1v) is 23.0. The van der Waals surface area contributed by atoms with Gasteiger partial charge in [-0.25, -0.2) is 28.3 Å². The van der Waals surface area contributed by atoms with Crippen LogP contribution in [0.3, 0.4) is 0 Å². The van der Waals surface area contributed by atoms with Gasteiger partial charge in [0.1, 0.15) is 29.4 Å². The number of aromatic nitrogens is 3. The van der Waals surface area contributed by atoms with Gasteiger partial charge in [0.2, 0.25) is 5.91 Å². The van der Waals surface area contributed by atoms with Crippen LogP contribution in [0.4, 0.5) is 29.7 Å². The number of piperazine rings is 2. The average Bonchev–Trinajstić information content (AvgIpc) is 3.80. The van der Waals surface area contributed by atoms with E-state index in [-0.39, 0.29) is 42.1 Å². The van der Waals surface area contributed by atoms with Gasteiger partial charge >= 0.3 is 12.1 Å². The summed E-state index contributed by atoms with van der Waals surface area (Å²) >= 11 is 0. The molecule has 3 saturated heterocycles. The van der Waals surface area contributed by atoms with Crippen molar-refractivity contribution < 1.29 is 42.6 Å². The standard InChI is InChI=1S/C51H52F2N10O7/c1-30-37(25-35(52)26-40(30)57-47(65)36-11-10-34(24-39(36)53)51(2,3)69)45-38-27-41(56-46(38)55-29-54-45)32-7-5-31(6-8-32)28-59-15-17-61(18-16-59)50(68)62-21-19-60(20-22-62)48(66)33-9-12-43(70-4)42(23-33)63-14-13-44(64)58-49(63)67/h5-12,23-27,29,69H,13-22,28H2,1-4H3,(H,57,65)(H,54,55,56)(H,58,64,67). The Bertz CT molecular complexity index is 3030. The number of carbonyl (C=O) groups excluding carboxylic acids is 5. The fourth-order valence-electron chi connectivity index (χ4n) is 9.09. The van der Waals surface area contributed by atoms with Crippen molar-refractivity contribution in [3.05, 3.63) is 125 Å². The van der Waals surface area contributed by atoms with Crippen molar-refractivity contribution in [2.24, 2.45) is 0 Å². The summed E-state index contributed by atoms with van der Waals surface area (Å²) in [5.41, 5.74) is 4.35. The lowest BCUT2D eigenvalue weighted by atomic mass is 9.96. The molecule has 70 heavy (non-hydrogen) atoms. The fourth-order valence-corrected chi connectivity index (χ4v) is 9.09. The molecule has 0 atom stereocenters. The van der Waals surface area contributed by atoms with Crippen LogP contribution in [0.15, 0.2) is 85.2 Å². The lowest BCUT2D eigenvalue weighted by Crippen LogP contribution is -2.57. The van der Waals surface area contributed by atoms with Crippen LogP contribution >= 0.6 is 0 Å². The van der Waals surface area contributed by atoms with Gasteiger partial charge in [-0.15, -0.1) is 0 Å². The van der Waals surface area contributed by atoms with E-state index in [1.807, 2.05) is 23.1 Å². The number of hydrogen-bond acceptors (Lipinski definition) is 10. The van der Waals surface area contributed by atoms with Gasteiger partial charge in [0.05, 0.1) is 29.7 Å². The summed E-state index contributed by atoms with van der Waals surface area (Å²) in [5.74, 6) is -2.39. The largest absolute Gasteiger partial charge is 0.495 e. The van der Waals surface area contributed by atoms with Gasteiger partial charge in [-0.05, 0) is 91.6 Å². The normalized spacial score (nSPS) is 15.9. The number of nitrogens with one attached hydrogen (secondary N) is 3. The highest BCUT2D eigenvalue weighted by Gasteiger charge is 2.32. The third kappa shape index (κ3) is 9.75. The van der Waals surface area contributed by atoms with E-state index in [9.17, 15) is 29.1 Å². The molecule has 0 bridgehead atoms. The summed E-state index contributed by atoms with van der Waals surface area (Å²) in [6.07, 6.45) is 1.52. The van der Waals surface area contributed by atoms with Crippen molar-refractivity contribution in [2.45, 2.75) is 39.3 Å². The number of aromatic amines is 1. The van der Waals surface area contributed by atoms with Crippen LogP contribution in [0.5, 0.6) is 5.75 Å². The van der Waals surface area contributed by atoms with E-state index in [1.54, 1.807) is 34.9 Å². The van der Waals surface area contributed by atoms with E-state index in [4.69, 9.17) is 4.74 Å². The minimum Gasteiger partial charge on any atom is -0.495 e. The highest BCUT2D eigenvalue weighted by Crippen LogP contribution is 2.36. The van der Waals surface area contributed by atoms with Crippen LogP contribution in [0.1, 0.15) is 57.7 Å². The van der Waals surface area contributed by atoms with Crippen LogP contribution in [-0.2, 0) is 16.9 Å². The maximum Gasteiger partial charge on any atom is 0.328 e. The molecule has 362 valence electrons. The monoisotopic (exact) mass is 954 g/mol. The summed E-state index contributed by atoms with van der Waals surface area (Å²) in [6, 6.07) is 20.7. The Morgan fingerprint density at radius 3 is 2.20 bits per heavy atom. The summed E-state index contributed by atoms with van der Waals surface area (Å²) < 4.78 is 35.7. The second kappa shape index (κ2) is 19.3. The van der Waals surface area contributed by atoms with Crippen LogP contribution < -0.4 is 20.3 Å². The van der Waals surface area contributed by atoms with E-state index in [0.717, 1.165) is 22.9 Å². The molecule has 4 N–H and O–H groups in total. The number of rotatable bonds is 10. The summed E-state index contributed by atoms with van der Waals surface area (Å²) in [5, 5.41) is 15.8. The molecular weight excluding hydrogens is 903 g/mol. The molecule has 7 amide bonds. The number of hydrogen-bond donors (Lipinski definition) is 4. The smallest absolute Gasteiger partial charge is 0.328 e. The number of H-pyrrole nitrogens is 1. The van der Waals surface area contributed by atoms with Gasteiger partial charge in [-0.1, -0.05) is 30.3 Å². The van der Waals surface area contributed by atoms with E-state index in [1.165, 1.54) is 56.4 Å². The summed E-state index contributed by atoms with van der Waals surface area (Å²) in [6.45, 7) is 9.60. The fraction of sp³-hybridized carbons (Fsp3) is 0.314. The van der Waals surface area contributed by atoms with E-state index < -0.39 is 29.2 Å². The van der Waals surface area contributed by atoms with Crippen molar-refractivity contribution in [1.29, 1.82) is 0 Å². The minimum atomic E-state index is -1.30. The second-order valence-electron chi connectivity index (χ2n) is 18.2. The van der Waals surface area contributed by atoms with Gasteiger partial charge in [0.25, 0.3) is 11.8 Å². The topological polar surface area (TPSA) is 197 Å². The number of anilines is 2. The van der Waals surface area contributed by atoms with Gasteiger partial charge < -0.3 is 34.8 Å². The number of urea groups is 2. The zero-order valence-electron chi connectivity index (χ0n) is 39.1. The molecule has 0 radical (unpaired) electrons. The molecule has 6 aromatic rings. The molecule has 3 aliphatic heterocycles. The van der Waals surface area contributed by atoms with Crippen molar-refractivity contribution >= 4 is 52.2 Å². The Hall–Kier alpha value is -7.77. The first-order valence-electron chi connectivity index (χ1n) is 23.0. The summed E-state index contributed by atoms with van der Waals surface area (Å²) in [4.78, 5) is 86.0. The van der Waals surface area contributed by atoms with E-state index in [2.05, 4.69) is 42.6 Å². The number of aliphatic hydroxyl groups is 1. The highest BCUT2D eigenvalue weighted by molar-refractivity contribution is 6.08. The van der Waals surface area contributed by atoms with E-state index in [0.29, 0.717) is 109 Å². The molecule has 3 fully saturated rings. The molecule has 2 aromatic heterocycles. The SMILES string of the molecule is COc1ccc(C(=O)N2CCN(C(=O)N3CCN(Cc4ccc(-c5cc6c(-c7cc(F)cc(NC(=O)c8ccc(C(C)(C)O)cc8F)c7C)ncnc6[nH]5)cc4)CC3)CC2)cc1N1CCC(=O)NC1=O. The van der Waals surface area contributed by atoms with Crippen LogP contribution in [0.2, 0.25) is 0 Å². The molecule has 0 unspecified atom stereocenters. The first-order chi connectivity index (χ1) is 33.5. The lowest BCUT2D eigenvalue weighted by Gasteiger charge is -2.40. The molecule has 19 heteroatoms. The van der Waals surface area contributed by atoms with Crippen molar-refractivity contribution in [3.63, 3.8) is 0 Å². The van der Waals surface area contributed by atoms with Gasteiger partial charge in [-0.2, -0.15) is 0 Å². The molecule has 3 aliphatic rings. The number of halogens is 2. The van der Waals surface area contributed by atoms with Crippen LogP contribution in [0, 0.1) is 18.6 Å². The Labute approximate surface area is 402 Å². The quantitative estimate of drug-likeness (QED) is 0.118. The molecule has 0 spiro atoms. The molecule has 4 aromatic carbocycles. The number of fused-ring (bicyclic) bond motifs is 1. The van der Waals surface area contributed by atoms with Gasteiger partial charge in [0, 0.05) is 99.8 Å². The van der Waals surface area contributed by atoms with Crippen LogP contribution in [-0.4, -0.2) is 135 Å². The Balaban J connectivity index is 0.788. The second-order valence-corrected chi connectivity index (χ2v) is 18.2. The molecule has 9 rings (SSSR count). The van der Waals surface area contributed by atoms with Crippen molar-refractivity contribution in [1.82, 2.24) is 39.9 Å². The summed E-state index contributed by atoms with van der Waals surface area (Å²) in [7, 11) is 1.47. The molecule has 17 nitrogen and oxygen atoms in total. The molecule has 0 saturated carbocycles. The van der Waals surface area contributed by atoms with Crippen molar-refractivity contribution in [2.75, 3.05) is 76.2 Å². The van der Waals surface area contributed by atoms with Crippen molar-refractivity contribution in [3.8, 4) is 28.3 Å². The zero-order valence-corrected chi connectivity index (χ0v) is 39.1. The zero-order chi connectivity index (χ0) is 49.4. The Morgan fingerprint density at radius 2 is 1.53 bits per heavy atom. The molecule has 5 heterocycles. The van der Waals surface area contributed by atoms with E-state index >= 15 is 8.78 Å². The first kappa shape index (κ1) is 47.3. The number of nitrogens with zero attached hydrogens (tertiary/aromatic N) is 7. The minimum absolute atomic E-state index is 0.0537. The molecule has 0 aliphatic carbocycles. The predicted molar refractivity (Wildman–Crippen MR) is 257 cm³/mol. The third-order valence-electron chi connectivity index (χ3n) is 13.1. The Morgan fingerprint density at radius 1 is 0.829 bits per heavy atom.